The second-order valence-electron chi connectivity index (χ2n) is 5.97. The zero-order valence-electron chi connectivity index (χ0n) is 12.7. The van der Waals surface area contributed by atoms with Gasteiger partial charge in [-0.3, -0.25) is 14.6 Å². The molecule has 0 aliphatic carbocycles. The summed E-state index contributed by atoms with van der Waals surface area (Å²) in [5, 5.41) is 6.33. The molecule has 116 valence electrons. The Bertz CT molecular complexity index is 482. The van der Waals surface area contributed by atoms with Gasteiger partial charge in [-0.25, -0.2) is 4.98 Å². The number of aryl methyl sites for hydroxylation is 1. The Morgan fingerprint density at radius 3 is 2.86 bits per heavy atom. The Kier molecular flexibility index (Phi) is 4.87. The summed E-state index contributed by atoms with van der Waals surface area (Å²) < 4.78 is 0. The molecule has 2 fully saturated rings. The van der Waals surface area contributed by atoms with Crippen LogP contribution in [0.4, 0.5) is 0 Å². The van der Waals surface area contributed by atoms with Crippen molar-refractivity contribution in [2.75, 3.05) is 32.7 Å². The van der Waals surface area contributed by atoms with Crippen LogP contribution in [0.3, 0.4) is 0 Å². The average Bonchev–Trinajstić information content (AvgIpc) is 2.76. The normalized spacial score (nSPS) is 25.6. The molecule has 1 aromatic rings. The van der Waals surface area contributed by atoms with E-state index >= 15 is 0 Å². The van der Waals surface area contributed by atoms with Gasteiger partial charge in [-0.15, -0.1) is 11.3 Å². The van der Waals surface area contributed by atoms with E-state index in [4.69, 9.17) is 0 Å². The van der Waals surface area contributed by atoms with E-state index < -0.39 is 0 Å². The van der Waals surface area contributed by atoms with Crippen LogP contribution in [0, 0.1) is 6.92 Å². The first kappa shape index (κ1) is 14.9. The van der Waals surface area contributed by atoms with Crippen LogP contribution < -0.4 is 5.32 Å². The van der Waals surface area contributed by atoms with E-state index in [2.05, 4.69) is 32.4 Å². The lowest BCUT2D eigenvalue weighted by Gasteiger charge is -2.38. The Balaban J connectivity index is 1.51. The van der Waals surface area contributed by atoms with Gasteiger partial charge in [0.1, 0.15) is 0 Å². The van der Waals surface area contributed by atoms with Gasteiger partial charge in [0.15, 0.2) is 0 Å². The van der Waals surface area contributed by atoms with Crippen molar-refractivity contribution in [3.05, 3.63) is 16.1 Å². The maximum absolute atomic E-state index is 12.1. The fourth-order valence-corrected chi connectivity index (χ4v) is 3.82. The third-order valence-electron chi connectivity index (χ3n) is 4.41. The molecule has 1 N–H and O–H groups in total. The molecule has 0 saturated carbocycles. The summed E-state index contributed by atoms with van der Waals surface area (Å²) in [6.45, 7) is 7.87. The first-order valence-electron chi connectivity index (χ1n) is 7.87. The summed E-state index contributed by atoms with van der Waals surface area (Å²) >= 11 is 1.72. The minimum absolute atomic E-state index is 0.0937. The van der Waals surface area contributed by atoms with Crippen molar-refractivity contribution >= 4 is 17.2 Å². The molecule has 2 aliphatic heterocycles. The van der Waals surface area contributed by atoms with Gasteiger partial charge in [-0.1, -0.05) is 0 Å². The van der Waals surface area contributed by atoms with Crippen molar-refractivity contribution < 1.29 is 4.79 Å². The van der Waals surface area contributed by atoms with Crippen molar-refractivity contribution in [1.82, 2.24) is 20.1 Å². The summed E-state index contributed by atoms with van der Waals surface area (Å²) in [4.78, 5) is 21.5. The van der Waals surface area contributed by atoms with E-state index in [0.29, 0.717) is 0 Å². The maximum Gasteiger partial charge on any atom is 0.237 e. The highest BCUT2D eigenvalue weighted by Gasteiger charge is 2.29. The second kappa shape index (κ2) is 6.85. The van der Waals surface area contributed by atoms with Gasteiger partial charge in [-0.2, -0.15) is 0 Å². The summed E-state index contributed by atoms with van der Waals surface area (Å²) in [6.07, 6.45) is 3.28. The van der Waals surface area contributed by atoms with Crippen LogP contribution in [0.15, 0.2) is 5.38 Å². The number of thiazole rings is 1. The van der Waals surface area contributed by atoms with Gasteiger partial charge in [-0.05, 0) is 26.2 Å². The van der Waals surface area contributed by atoms with Gasteiger partial charge >= 0.3 is 0 Å². The third-order valence-corrected chi connectivity index (χ3v) is 5.23. The van der Waals surface area contributed by atoms with E-state index in [1.54, 1.807) is 11.3 Å². The SMILES string of the molecule is Cc1nc(CN2CCN([C@@H]3CCCCNC3=O)CC2)cs1. The van der Waals surface area contributed by atoms with Gasteiger partial charge in [0.25, 0.3) is 0 Å². The number of nitrogens with zero attached hydrogens (tertiary/aromatic N) is 3. The van der Waals surface area contributed by atoms with Crippen molar-refractivity contribution in [3.63, 3.8) is 0 Å². The van der Waals surface area contributed by atoms with E-state index in [1.807, 2.05) is 0 Å². The summed E-state index contributed by atoms with van der Waals surface area (Å²) in [7, 11) is 0. The molecule has 2 saturated heterocycles. The summed E-state index contributed by atoms with van der Waals surface area (Å²) in [5.41, 5.74) is 1.18. The molecule has 6 heteroatoms. The molecular formula is C15H24N4OS. The van der Waals surface area contributed by atoms with Crippen LogP contribution in [0.25, 0.3) is 0 Å². The molecule has 0 unspecified atom stereocenters. The van der Waals surface area contributed by atoms with Gasteiger partial charge < -0.3 is 5.32 Å². The highest BCUT2D eigenvalue weighted by molar-refractivity contribution is 7.09. The Morgan fingerprint density at radius 1 is 1.33 bits per heavy atom. The molecule has 3 rings (SSSR count). The zero-order chi connectivity index (χ0) is 14.7. The number of carbonyl (C=O) groups excluding carboxylic acids is 1. The standard InChI is InChI=1S/C15H24N4OS/c1-12-17-13(11-21-12)10-18-6-8-19(9-7-18)14-4-2-3-5-16-15(14)20/h11,14H,2-10H2,1H3,(H,16,20)/t14-/m1/s1. The van der Waals surface area contributed by atoms with Crippen molar-refractivity contribution in [1.29, 1.82) is 0 Å². The Labute approximate surface area is 130 Å². The van der Waals surface area contributed by atoms with Crippen LogP contribution in [-0.2, 0) is 11.3 Å². The minimum atomic E-state index is 0.0937. The number of amides is 1. The lowest BCUT2D eigenvalue weighted by Crippen LogP contribution is -2.54. The van der Waals surface area contributed by atoms with Gasteiger partial charge in [0.05, 0.1) is 16.7 Å². The van der Waals surface area contributed by atoms with Crippen LogP contribution in [0.5, 0.6) is 0 Å². The highest BCUT2D eigenvalue weighted by atomic mass is 32.1. The predicted octanol–water partition coefficient (Wildman–Crippen LogP) is 1.24. The topological polar surface area (TPSA) is 48.5 Å². The molecule has 21 heavy (non-hydrogen) atoms. The maximum atomic E-state index is 12.1. The van der Waals surface area contributed by atoms with Crippen molar-refractivity contribution in [2.45, 2.75) is 38.8 Å². The van der Waals surface area contributed by atoms with Crippen molar-refractivity contribution in [2.24, 2.45) is 0 Å². The number of carbonyl (C=O) groups is 1. The summed E-state index contributed by atoms with van der Waals surface area (Å²) in [5.74, 6) is 0.232. The smallest absolute Gasteiger partial charge is 0.237 e. The second-order valence-corrected chi connectivity index (χ2v) is 7.03. The number of piperazine rings is 1. The van der Waals surface area contributed by atoms with Gasteiger partial charge in [0.2, 0.25) is 5.91 Å². The van der Waals surface area contributed by atoms with E-state index in [-0.39, 0.29) is 11.9 Å². The fraction of sp³-hybridized carbons (Fsp3) is 0.733. The highest BCUT2D eigenvalue weighted by Crippen LogP contribution is 2.17. The predicted molar refractivity (Wildman–Crippen MR) is 84.3 cm³/mol. The quantitative estimate of drug-likeness (QED) is 0.913. The number of hydrogen-bond acceptors (Lipinski definition) is 5. The fourth-order valence-electron chi connectivity index (χ4n) is 3.21. The van der Waals surface area contributed by atoms with Crippen LogP contribution >= 0.6 is 11.3 Å². The van der Waals surface area contributed by atoms with E-state index in [0.717, 1.165) is 63.5 Å². The number of nitrogens with one attached hydrogen (secondary N) is 1. The first-order chi connectivity index (χ1) is 10.2. The molecule has 0 bridgehead atoms. The molecule has 1 aromatic heterocycles. The van der Waals surface area contributed by atoms with Crippen LogP contribution in [0.2, 0.25) is 0 Å². The third kappa shape index (κ3) is 3.81. The first-order valence-corrected chi connectivity index (χ1v) is 8.75. The van der Waals surface area contributed by atoms with E-state index in [1.165, 1.54) is 5.69 Å². The zero-order valence-corrected chi connectivity index (χ0v) is 13.5. The van der Waals surface area contributed by atoms with E-state index in [9.17, 15) is 4.79 Å². The lowest BCUT2D eigenvalue weighted by molar-refractivity contribution is -0.126. The average molecular weight is 308 g/mol. The number of aromatic nitrogens is 1. The number of rotatable bonds is 3. The molecule has 1 atom stereocenters. The largest absolute Gasteiger partial charge is 0.355 e. The molecule has 0 aromatic carbocycles. The van der Waals surface area contributed by atoms with Crippen LogP contribution in [0.1, 0.15) is 30.0 Å². The molecule has 1 amide bonds. The molecule has 2 aliphatic rings. The Hall–Kier alpha value is -0.980. The van der Waals surface area contributed by atoms with Gasteiger partial charge in [0, 0.05) is 44.6 Å². The molecular weight excluding hydrogens is 284 g/mol. The number of hydrogen-bond donors (Lipinski definition) is 1. The summed E-state index contributed by atoms with van der Waals surface area (Å²) in [6, 6.07) is 0.0937. The molecule has 3 heterocycles. The van der Waals surface area contributed by atoms with Crippen LogP contribution in [-0.4, -0.2) is 59.5 Å². The molecule has 0 spiro atoms. The lowest BCUT2D eigenvalue weighted by atomic mass is 10.1. The monoisotopic (exact) mass is 308 g/mol. The minimum Gasteiger partial charge on any atom is -0.355 e. The molecule has 0 radical (unpaired) electrons. The molecule has 5 nitrogen and oxygen atoms in total. The Morgan fingerprint density at radius 2 is 2.14 bits per heavy atom. The van der Waals surface area contributed by atoms with Crippen molar-refractivity contribution in [3.8, 4) is 0 Å².